The summed E-state index contributed by atoms with van der Waals surface area (Å²) in [5.74, 6) is 2.32. The first-order valence-corrected chi connectivity index (χ1v) is 10.3. The molecule has 0 aliphatic carbocycles. The van der Waals surface area contributed by atoms with Gasteiger partial charge >= 0.3 is 0 Å². The van der Waals surface area contributed by atoms with Gasteiger partial charge in [0.1, 0.15) is 11.6 Å². The first-order chi connectivity index (χ1) is 14.9. The number of halogens is 1. The number of aromatic nitrogens is 3. The molecule has 5 heteroatoms. The lowest BCUT2D eigenvalue weighted by Crippen LogP contribution is -2.25. The van der Waals surface area contributed by atoms with E-state index in [4.69, 9.17) is 6.42 Å². The van der Waals surface area contributed by atoms with E-state index in [0.717, 1.165) is 16.7 Å². The highest BCUT2D eigenvalue weighted by molar-refractivity contribution is 5.79. The summed E-state index contributed by atoms with van der Waals surface area (Å²) < 4.78 is 15.2. The van der Waals surface area contributed by atoms with Crippen molar-refractivity contribution in [2.75, 3.05) is 0 Å². The lowest BCUT2D eigenvalue weighted by Gasteiger charge is -2.16. The van der Waals surface area contributed by atoms with Gasteiger partial charge in [0.05, 0.1) is 17.0 Å². The van der Waals surface area contributed by atoms with E-state index in [2.05, 4.69) is 22.5 Å². The molecule has 0 unspecified atom stereocenters. The van der Waals surface area contributed by atoms with Gasteiger partial charge in [-0.3, -0.25) is 9.36 Å². The molecule has 0 amide bonds. The number of benzene rings is 1. The number of pyridine rings is 1. The zero-order chi connectivity index (χ0) is 23.1. The number of hydrogen-bond acceptors (Lipinski definition) is 3. The molecule has 0 spiro atoms. The Balaban J connectivity index is 0.00000166. The summed E-state index contributed by atoms with van der Waals surface area (Å²) in [6, 6.07) is 8.28. The summed E-state index contributed by atoms with van der Waals surface area (Å²) in [4.78, 5) is 22.0. The van der Waals surface area contributed by atoms with Crippen LogP contribution in [0.15, 0.2) is 53.9 Å². The molecule has 3 rings (SSSR count). The van der Waals surface area contributed by atoms with Gasteiger partial charge in [0, 0.05) is 8.47 Å². The zero-order valence-corrected chi connectivity index (χ0v) is 18.7. The fourth-order valence-electron chi connectivity index (χ4n) is 3.40. The van der Waals surface area contributed by atoms with Crippen LogP contribution in [-0.4, -0.2) is 14.5 Å². The van der Waals surface area contributed by atoms with E-state index in [1.165, 1.54) is 16.7 Å². The van der Waals surface area contributed by atoms with Crippen molar-refractivity contribution in [2.45, 2.75) is 40.0 Å². The Morgan fingerprint density at radius 2 is 2.03 bits per heavy atom. The van der Waals surface area contributed by atoms with Gasteiger partial charge in [-0.2, -0.15) is 0 Å². The van der Waals surface area contributed by atoms with E-state index in [1.807, 2.05) is 39.8 Å². The maximum atomic E-state index is 13.8. The number of terminal acetylenes is 1. The lowest BCUT2D eigenvalue weighted by molar-refractivity contribution is 0.621. The molecule has 3 aromatic rings. The maximum absolute atomic E-state index is 13.8. The summed E-state index contributed by atoms with van der Waals surface area (Å²) in [7, 11) is 1.64. The molecule has 0 radical (unpaired) electrons. The molecule has 0 aliphatic heterocycles. The van der Waals surface area contributed by atoms with Crippen molar-refractivity contribution in [2.24, 2.45) is 7.05 Å². The Bertz CT molecular complexity index is 1220. The minimum absolute atomic E-state index is 0. The molecule has 1 aromatic carbocycles. The molecule has 4 nitrogen and oxygen atoms in total. The molecule has 0 aliphatic rings. The van der Waals surface area contributed by atoms with Crippen LogP contribution in [0.1, 0.15) is 50.8 Å². The second-order valence-electron chi connectivity index (χ2n) is 6.91. The normalized spacial score (nSPS) is 12.0. The van der Waals surface area contributed by atoms with Gasteiger partial charge in [-0.1, -0.05) is 44.6 Å². The topological polar surface area (TPSA) is 47.8 Å². The minimum atomic E-state index is -0.496. The van der Waals surface area contributed by atoms with Crippen LogP contribution in [0.2, 0.25) is 0 Å². The molecule has 0 fully saturated rings. The van der Waals surface area contributed by atoms with Gasteiger partial charge in [0.15, 0.2) is 5.65 Å². The number of allylic oxidation sites excluding steroid dienone is 3. The van der Waals surface area contributed by atoms with Crippen molar-refractivity contribution < 1.29 is 5.82 Å². The molecule has 0 saturated carbocycles. The Hall–Kier alpha value is -3.52. The molecular weight excluding hydrogens is 389 g/mol. The third kappa shape index (κ3) is 5.16. The second-order valence-corrected chi connectivity index (χ2v) is 6.91. The monoisotopic (exact) mass is 419 g/mol. The standard InChI is InChI=1S/C24H22FN3O.C2H6.H2/c1-6-17(7-2)21-10-9-20-22(26-21)27-23(28(5)24(20)29)18(8-3)13-16-11-15(4)12-19(25)14-16;1-2;/h3,6-7,9-12,14,18H,1,13H2,2,4-5H3;1-2H3;1H/b17-7+;;/t18-;;/m0../s1. The van der Waals surface area contributed by atoms with Crippen molar-refractivity contribution in [3.05, 3.63) is 87.9 Å². The first-order valence-electron chi connectivity index (χ1n) is 10.3. The van der Waals surface area contributed by atoms with Crippen LogP contribution in [0.4, 0.5) is 4.39 Å². The Morgan fingerprint density at radius 3 is 2.61 bits per heavy atom. The van der Waals surface area contributed by atoms with E-state index in [-0.39, 0.29) is 12.8 Å². The van der Waals surface area contributed by atoms with Crippen molar-refractivity contribution in [1.82, 2.24) is 14.5 Å². The number of hydrogen-bond donors (Lipinski definition) is 0. The van der Waals surface area contributed by atoms with E-state index in [0.29, 0.717) is 29.0 Å². The summed E-state index contributed by atoms with van der Waals surface area (Å²) >= 11 is 0. The Kier molecular flexibility index (Phi) is 8.04. The van der Waals surface area contributed by atoms with Gasteiger partial charge < -0.3 is 0 Å². The Labute approximate surface area is 184 Å². The number of rotatable bonds is 5. The lowest BCUT2D eigenvalue weighted by atomic mass is 9.97. The van der Waals surface area contributed by atoms with Crippen molar-refractivity contribution in [1.29, 1.82) is 0 Å². The second kappa shape index (κ2) is 10.5. The average Bonchev–Trinajstić information content (AvgIpc) is 2.76. The molecular formula is C26H30FN3O. The van der Waals surface area contributed by atoms with Crippen molar-refractivity contribution >= 4 is 16.6 Å². The molecule has 2 heterocycles. The van der Waals surface area contributed by atoms with Crippen molar-refractivity contribution in [3.63, 3.8) is 0 Å². The highest BCUT2D eigenvalue weighted by atomic mass is 19.1. The summed E-state index contributed by atoms with van der Waals surface area (Å²) in [6.07, 6.45) is 9.73. The number of nitrogens with zero attached hydrogens (tertiary/aromatic N) is 3. The number of fused-ring (bicyclic) bond motifs is 1. The van der Waals surface area contributed by atoms with Crippen molar-refractivity contribution in [3.8, 4) is 12.3 Å². The first kappa shape index (κ1) is 23.8. The van der Waals surface area contributed by atoms with Crippen LogP contribution in [0, 0.1) is 25.1 Å². The van der Waals surface area contributed by atoms with Crippen LogP contribution in [-0.2, 0) is 13.5 Å². The highest BCUT2D eigenvalue weighted by Gasteiger charge is 2.19. The molecule has 1 atom stereocenters. The fraction of sp³-hybridized carbons (Fsp3) is 0.269. The average molecular weight is 420 g/mol. The van der Waals surface area contributed by atoms with Crippen LogP contribution >= 0.6 is 0 Å². The molecule has 0 saturated heterocycles. The fourth-order valence-corrected chi connectivity index (χ4v) is 3.40. The quantitative estimate of drug-likeness (QED) is 0.400. The van der Waals surface area contributed by atoms with E-state index >= 15 is 0 Å². The molecule has 162 valence electrons. The third-order valence-electron chi connectivity index (χ3n) is 4.86. The van der Waals surface area contributed by atoms with Gasteiger partial charge in [0.2, 0.25) is 0 Å². The molecule has 31 heavy (non-hydrogen) atoms. The smallest absolute Gasteiger partial charge is 0.262 e. The largest absolute Gasteiger partial charge is 0.298 e. The van der Waals surface area contributed by atoms with Gasteiger partial charge in [-0.05, 0) is 61.2 Å². The summed E-state index contributed by atoms with van der Waals surface area (Å²) in [5.41, 5.74) is 3.20. The third-order valence-corrected chi connectivity index (χ3v) is 4.86. The van der Waals surface area contributed by atoms with E-state index in [1.54, 1.807) is 25.3 Å². The van der Waals surface area contributed by atoms with Gasteiger partial charge in [-0.15, -0.1) is 6.42 Å². The maximum Gasteiger partial charge on any atom is 0.262 e. The predicted octanol–water partition coefficient (Wildman–Crippen LogP) is 5.60. The van der Waals surface area contributed by atoms with Crippen LogP contribution in [0.5, 0.6) is 0 Å². The van der Waals surface area contributed by atoms with Crippen LogP contribution in [0.3, 0.4) is 0 Å². The predicted molar refractivity (Wildman–Crippen MR) is 129 cm³/mol. The molecule has 0 bridgehead atoms. The van der Waals surface area contributed by atoms with Gasteiger partial charge in [-0.25, -0.2) is 14.4 Å². The Morgan fingerprint density at radius 1 is 1.32 bits per heavy atom. The van der Waals surface area contributed by atoms with Gasteiger partial charge in [0.25, 0.3) is 5.56 Å². The minimum Gasteiger partial charge on any atom is -0.298 e. The highest BCUT2D eigenvalue weighted by Crippen LogP contribution is 2.22. The molecule has 2 aromatic heterocycles. The number of aryl methyl sites for hydroxylation is 1. The summed E-state index contributed by atoms with van der Waals surface area (Å²) in [6.45, 7) is 11.5. The summed E-state index contributed by atoms with van der Waals surface area (Å²) in [5, 5.41) is 0.414. The van der Waals surface area contributed by atoms with Crippen LogP contribution in [0.25, 0.3) is 16.6 Å². The van der Waals surface area contributed by atoms with E-state index in [9.17, 15) is 9.18 Å². The van der Waals surface area contributed by atoms with Crippen LogP contribution < -0.4 is 5.56 Å². The molecule has 0 N–H and O–H groups in total. The van der Waals surface area contributed by atoms with E-state index < -0.39 is 5.92 Å². The SMILES string of the molecule is C#C[C@@H](Cc1cc(C)cc(F)c1)c1nc2nc(/C(C=C)=C/C)ccc2c(=O)n1C.CC.[HH]. The zero-order valence-electron chi connectivity index (χ0n) is 18.7.